The van der Waals surface area contributed by atoms with Gasteiger partial charge in [-0.1, -0.05) is 32.0 Å². The maximum Gasteiger partial charge on any atom is 0.215 e. The molecule has 0 fully saturated rings. The van der Waals surface area contributed by atoms with Gasteiger partial charge in [0, 0.05) is 21.2 Å². The molecule has 0 amide bonds. The maximum absolute atomic E-state index is 5.91. The van der Waals surface area contributed by atoms with Crippen LogP contribution in [-0.2, 0) is 6.54 Å². The lowest BCUT2D eigenvalue weighted by molar-refractivity contribution is 0.281. The highest BCUT2D eigenvalue weighted by Crippen LogP contribution is 2.32. The van der Waals surface area contributed by atoms with Gasteiger partial charge < -0.3 is 4.74 Å². The number of aryl methyl sites for hydroxylation is 1. The molecule has 1 aromatic carbocycles. The minimum atomic E-state index is 0.738. The third-order valence-corrected chi connectivity index (χ3v) is 4.08. The third-order valence-electron chi connectivity index (χ3n) is 3.14. The van der Waals surface area contributed by atoms with E-state index in [-0.39, 0.29) is 0 Å². The van der Waals surface area contributed by atoms with Crippen LogP contribution in [0.15, 0.2) is 24.3 Å². The van der Waals surface area contributed by atoms with E-state index in [1.165, 1.54) is 9.13 Å². The summed E-state index contributed by atoms with van der Waals surface area (Å²) >= 11 is 2.36. The zero-order valence-corrected chi connectivity index (χ0v) is 14.5. The van der Waals surface area contributed by atoms with E-state index >= 15 is 0 Å². The first-order valence-electron chi connectivity index (χ1n) is 7.14. The SMILES string of the molecule is CCCOc1c(C)c(-c2ccccc2I)nn1CCC. The Kier molecular flexibility index (Phi) is 5.46. The van der Waals surface area contributed by atoms with Crippen molar-refractivity contribution in [3.05, 3.63) is 33.4 Å². The Morgan fingerprint density at radius 3 is 2.60 bits per heavy atom. The Labute approximate surface area is 134 Å². The predicted octanol–water partition coefficient (Wildman–Crippen LogP) is 4.66. The van der Waals surface area contributed by atoms with Crippen LogP contribution in [0.25, 0.3) is 11.3 Å². The van der Waals surface area contributed by atoms with Crippen molar-refractivity contribution in [3.8, 4) is 17.1 Å². The summed E-state index contributed by atoms with van der Waals surface area (Å²) in [5.74, 6) is 0.920. The molecule has 0 unspecified atom stereocenters. The number of nitrogens with zero attached hydrogens (tertiary/aromatic N) is 2. The van der Waals surface area contributed by atoms with E-state index in [1.54, 1.807) is 0 Å². The van der Waals surface area contributed by atoms with Crippen LogP contribution in [0.5, 0.6) is 5.88 Å². The van der Waals surface area contributed by atoms with Crippen LogP contribution in [0.4, 0.5) is 0 Å². The van der Waals surface area contributed by atoms with Crippen molar-refractivity contribution in [1.29, 1.82) is 0 Å². The molecule has 20 heavy (non-hydrogen) atoms. The first-order valence-corrected chi connectivity index (χ1v) is 8.22. The minimum absolute atomic E-state index is 0.738. The molecule has 0 aliphatic heterocycles. The smallest absolute Gasteiger partial charge is 0.215 e. The van der Waals surface area contributed by atoms with Crippen molar-refractivity contribution < 1.29 is 4.74 Å². The van der Waals surface area contributed by atoms with Gasteiger partial charge in [-0.25, -0.2) is 4.68 Å². The fraction of sp³-hybridized carbons (Fsp3) is 0.438. The summed E-state index contributed by atoms with van der Waals surface area (Å²) in [6, 6.07) is 8.35. The molecule has 0 aliphatic carbocycles. The molecule has 0 N–H and O–H groups in total. The molecule has 1 aromatic heterocycles. The highest BCUT2D eigenvalue weighted by atomic mass is 127. The molecule has 2 rings (SSSR count). The van der Waals surface area contributed by atoms with Gasteiger partial charge in [-0.3, -0.25) is 0 Å². The molecule has 0 saturated heterocycles. The summed E-state index contributed by atoms with van der Waals surface area (Å²) in [5.41, 5.74) is 3.35. The largest absolute Gasteiger partial charge is 0.478 e. The maximum atomic E-state index is 5.91. The third kappa shape index (κ3) is 3.16. The van der Waals surface area contributed by atoms with E-state index in [9.17, 15) is 0 Å². The standard InChI is InChI=1S/C16H21IN2O/c1-4-10-19-16(20-11-5-2)12(3)15(18-19)13-8-6-7-9-14(13)17/h6-9H,4-5,10-11H2,1-3H3. The van der Waals surface area contributed by atoms with Gasteiger partial charge in [0.25, 0.3) is 0 Å². The van der Waals surface area contributed by atoms with Crippen LogP contribution in [0.2, 0.25) is 0 Å². The Bertz CT molecular complexity index is 578. The first kappa shape index (κ1) is 15.4. The van der Waals surface area contributed by atoms with Crippen molar-refractivity contribution in [2.75, 3.05) is 6.61 Å². The van der Waals surface area contributed by atoms with Crippen LogP contribution in [-0.4, -0.2) is 16.4 Å². The number of halogens is 1. The second-order valence-corrected chi connectivity index (χ2v) is 5.99. The first-order chi connectivity index (χ1) is 9.69. The van der Waals surface area contributed by atoms with E-state index in [1.807, 2.05) is 4.68 Å². The number of hydrogen-bond donors (Lipinski definition) is 0. The van der Waals surface area contributed by atoms with Gasteiger partial charge in [-0.05, 0) is 48.4 Å². The Balaban J connectivity index is 2.46. The number of aromatic nitrogens is 2. The number of rotatable bonds is 6. The molecular formula is C16H21IN2O. The summed E-state index contributed by atoms with van der Waals surface area (Å²) in [6.07, 6.45) is 2.06. The number of ether oxygens (including phenoxy) is 1. The number of hydrogen-bond acceptors (Lipinski definition) is 2. The van der Waals surface area contributed by atoms with Gasteiger partial charge in [0.05, 0.1) is 6.61 Å². The Morgan fingerprint density at radius 1 is 1.20 bits per heavy atom. The average Bonchev–Trinajstić information content (AvgIpc) is 2.74. The quantitative estimate of drug-likeness (QED) is 0.678. The Morgan fingerprint density at radius 2 is 1.95 bits per heavy atom. The molecule has 0 aliphatic rings. The molecule has 0 spiro atoms. The van der Waals surface area contributed by atoms with Gasteiger partial charge in [0.1, 0.15) is 5.69 Å². The molecule has 108 valence electrons. The van der Waals surface area contributed by atoms with Gasteiger partial charge in [-0.2, -0.15) is 5.10 Å². The topological polar surface area (TPSA) is 27.1 Å². The second-order valence-electron chi connectivity index (χ2n) is 4.83. The van der Waals surface area contributed by atoms with Gasteiger partial charge in [0.15, 0.2) is 0 Å². The molecule has 3 nitrogen and oxygen atoms in total. The normalized spacial score (nSPS) is 10.8. The fourth-order valence-electron chi connectivity index (χ4n) is 2.19. The van der Waals surface area contributed by atoms with Gasteiger partial charge >= 0.3 is 0 Å². The lowest BCUT2D eigenvalue weighted by Crippen LogP contribution is -2.05. The highest BCUT2D eigenvalue weighted by molar-refractivity contribution is 14.1. The summed E-state index contributed by atoms with van der Waals surface area (Å²) in [5, 5.41) is 4.77. The molecular weight excluding hydrogens is 363 g/mol. The summed E-state index contributed by atoms with van der Waals surface area (Å²) < 4.78 is 9.13. The van der Waals surface area contributed by atoms with Crippen molar-refractivity contribution in [3.63, 3.8) is 0 Å². The zero-order chi connectivity index (χ0) is 14.5. The van der Waals surface area contributed by atoms with Crippen molar-refractivity contribution in [2.24, 2.45) is 0 Å². The van der Waals surface area contributed by atoms with Crippen LogP contribution >= 0.6 is 22.6 Å². The lowest BCUT2D eigenvalue weighted by atomic mass is 10.1. The van der Waals surface area contributed by atoms with Crippen LogP contribution in [0.3, 0.4) is 0 Å². The second kappa shape index (κ2) is 7.11. The van der Waals surface area contributed by atoms with Crippen LogP contribution < -0.4 is 4.74 Å². The monoisotopic (exact) mass is 384 g/mol. The van der Waals surface area contributed by atoms with Gasteiger partial charge in [0.2, 0.25) is 5.88 Å². The summed E-state index contributed by atoms with van der Waals surface area (Å²) in [6.45, 7) is 8.01. The number of benzene rings is 1. The van der Waals surface area contributed by atoms with Crippen LogP contribution in [0.1, 0.15) is 32.3 Å². The molecule has 0 atom stereocenters. The van der Waals surface area contributed by atoms with E-state index < -0.39 is 0 Å². The average molecular weight is 384 g/mol. The predicted molar refractivity (Wildman–Crippen MR) is 91.2 cm³/mol. The highest BCUT2D eigenvalue weighted by Gasteiger charge is 2.18. The van der Waals surface area contributed by atoms with Crippen LogP contribution in [0, 0.1) is 10.5 Å². The van der Waals surface area contributed by atoms with Crippen molar-refractivity contribution in [1.82, 2.24) is 9.78 Å². The minimum Gasteiger partial charge on any atom is -0.478 e. The van der Waals surface area contributed by atoms with E-state index in [0.29, 0.717) is 0 Å². The summed E-state index contributed by atoms with van der Waals surface area (Å²) in [7, 11) is 0. The molecule has 2 aromatic rings. The molecule has 0 bridgehead atoms. The van der Waals surface area contributed by atoms with Crippen molar-refractivity contribution in [2.45, 2.75) is 40.2 Å². The lowest BCUT2D eigenvalue weighted by Gasteiger charge is -2.08. The van der Waals surface area contributed by atoms with E-state index in [2.05, 4.69) is 67.6 Å². The van der Waals surface area contributed by atoms with E-state index in [4.69, 9.17) is 9.84 Å². The molecule has 0 saturated carbocycles. The van der Waals surface area contributed by atoms with Crippen molar-refractivity contribution >= 4 is 22.6 Å². The van der Waals surface area contributed by atoms with E-state index in [0.717, 1.165) is 43.1 Å². The summed E-state index contributed by atoms with van der Waals surface area (Å²) in [4.78, 5) is 0. The fourth-order valence-corrected chi connectivity index (χ4v) is 2.83. The molecule has 1 heterocycles. The molecule has 0 radical (unpaired) electrons. The van der Waals surface area contributed by atoms with Gasteiger partial charge in [-0.15, -0.1) is 0 Å². The zero-order valence-electron chi connectivity index (χ0n) is 12.3. The Hall–Kier alpha value is -1.04. The molecule has 4 heteroatoms.